The van der Waals surface area contributed by atoms with E-state index in [-0.39, 0.29) is 11.5 Å². The van der Waals surface area contributed by atoms with Crippen LogP contribution in [0.3, 0.4) is 0 Å². The molecule has 0 aliphatic heterocycles. The number of benzene rings is 3. The second-order valence-electron chi connectivity index (χ2n) is 8.50. The first kappa shape index (κ1) is 20.9. The van der Waals surface area contributed by atoms with Crippen molar-refractivity contribution in [1.82, 2.24) is 10.1 Å². The van der Waals surface area contributed by atoms with E-state index in [1.807, 2.05) is 85.2 Å². The van der Waals surface area contributed by atoms with Gasteiger partial charge in [-0.05, 0) is 54.3 Å². The Labute approximate surface area is 190 Å². The molecule has 1 heterocycles. The minimum Gasteiger partial charge on any atom is -0.297 e. The summed E-state index contributed by atoms with van der Waals surface area (Å²) in [6.45, 7) is 0. The van der Waals surface area contributed by atoms with Crippen LogP contribution in [0, 0.1) is 0 Å². The lowest BCUT2D eigenvalue weighted by molar-refractivity contribution is 0.185. The van der Waals surface area contributed by atoms with Crippen molar-refractivity contribution in [3.8, 4) is 0 Å². The summed E-state index contributed by atoms with van der Waals surface area (Å²) < 4.78 is 14.9. The smallest absolute Gasteiger partial charge is 0.205 e. The van der Waals surface area contributed by atoms with Gasteiger partial charge in [-0.15, -0.1) is 0 Å². The van der Waals surface area contributed by atoms with E-state index < -0.39 is 7.29 Å². The van der Waals surface area contributed by atoms with E-state index in [0.717, 1.165) is 35.4 Å². The molecule has 3 aromatic carbocycles. The third-order valence-corrected chi connectivity index (χ3v) is 9.39. The van der Waals surface area contributed by atoms with E-state index in [2.05, 4.69) is 40.4 Å². The molecule has 4 heteroatoms. The molecule has 0 bridgehead atoms. The lowest BCUT2D eigenvalue weighted by atomic mass is 9.59. The number of aromatic nitrogens is 1. The fourth-order valence-electron chi connectivity index (χ4n) is 4.88. The van der Waals surface area contributed by atoms with Crippen LogP contribution in [0.2, 0.25) is 0 Å². The van der Waals surface area contributed by atoms with Gasteiger partial charge in [0.15, 0.2) is 0 Å². The van der Waals surface area contributed by atoms with Crippen LogP contribution in [0.4, 0.5) is 0 Å². The lowest BCUT2D eigenvalue weighted by Gasteiger charge is -2.49. The normalized spacial score (nSPS) is 16.1. The second kappa shape index (κ2) is 8.86. The molecule has 1 unspecified atom stereocenters. The zero-order valence-electron chi connectivity index (χ0n) is 18.0. The Kier molecular flexibility index (Phi) is 5.78. The average molecular weight is 439 g/mol. The summed E-state index contributed by atoms with van der Waals surface area (Å²) in [6, 6.07) is 34.2. The van der Waals surface area contributed by atoms with Gasteiger partial charge >= 0.3 is 0 Å². The third-order valence-electron chi connectivity index (χ3n) is 6.72. The maximum absolute atomic E-state index is 14.9. The van der Waals surface area contributed by atoms with Gasteiger partial charge in [0.1, 0.15) is 0 Å². The molecular formula is C28H27N2OP. The van der Waals surface area contributed by atoms with Crippen LogP contribution in [0.5, 0.6) is 0 Å². The van der Waals surface area contributed by atoms with Gasteiger partial charge in [-0.25, -0.2) is 0 Å². The number of nitrogens with zero attached hydrogens (tertiary/aromatic N) is 1. The summed E-state index contributed by atoms with van der Waals surface area (Å²) in [4.78, 5) is 4.42. The predicted molar refractivity (Wildman–Crippen MR) is 132 cm³/mol. The van der Waals surface area contributed by atoms with Crippen LogP contribution < -0.4 is 15.7 Å². The standard InChI is InChI=1S/C28H27N2OP/c31-32(25-15-6-2-7-16-25,26-17-8-3-9-18-26)30-27(23-12-4-1-5-13-23)28(19-11-20-28)24-14-10-21-29-22-24/h1-10,12-18,21-22,27H,11,19-20H2,(H,30,31). The highest BCUT2D eigenvalue weighted by Crippen LogP contribution is 2.55. The van der Waals surface area contributed by atoms with Crippen molar-refractivity contribution in [3.05, 3.63) is 127 Å². The highest BCUT2D eigenvalue weighted by atomic mass is 31.2. The van der Waals surface area contributed by atoms with Crippen LogP contribution >= 0.6 is 7.29 Å². The molecular weight excluding hydrogens is 411 g/mol. The maximum atomic E-state index is 14.9. The Morgan fingerprint density at radius 3 is 1.78 bits per heavy atom. The topological polar surface area (TPSA) is 42.0 Å². The summed E-state index contributed by atoms with van der Waals surface area (Å²) in [7, 11) is -3.11. The minimum absolute atomic E-state index is 0.104. The Bertz CT molecular complexity index is 1150. The summed E-state index contributed by atoms with van der Waals surface area (Å²) in [5, 5.41) is 5.40. The fraction of sp³-hybridized carbons (Fsp3) is 0.179. The van der Waals surface area contributed by atoms with Crippen LogP contribution in [0.15, 0.2) is 116 Å². The summed E-state index contributed by atoms with van der Waals surface area (Å²) >= 11 is 0. The predicted octanol–water partition coefficient (Wildman–Crippen LogP) is 5.76. The van der Waals surface area contributed by atoms with Crippen molar-refractivity contribution >= 4 is 17.9 Å². The Hall–Kier alpha value is -3.00. The maximum Gasteiger partial charge on any atom is 0.205 e. The first-order valence-electron chi connectivity index (χ1n) is 11.2. The molecule has 0 amide bonds. The minimum atomic E-state index is -3.11. The molecule has 1 atom stereocenters. The summed E-state index contributed by atoms with van der Waals surface area (Å²) in [5.41, 5.74) is 2.22. The molecule has 1 fully saturated rings. The Morgan fingerprint density at radius 2 is 1.31 bits per heavy atom. The van der Waals surface area contributed by atoms with E-state index in [9.17, 15) is 4.57 Å². The Morgan fingerprint density at radius 1 is 0.750 bits per heavy atom. The molecule has 160 valence electrons. The zero-order chi connectivity index (χ0) is 21.9. The molecule has 5 rings (SSSR count). The highest BCUT2D eigenvalue weighted by molar-refractivity contribution is 7.76. The average Bonchev–Trinajstić information content (AvgIpc) is 2.85. The molecule has 1 saturated carbocycles. The van der Waals surface area contributed by atoms with E-state index >= 15 is 0 Å². The van der Waals surface area contributed by atoms with Crippen molar-refractivity contribution in [2.45, 2.75) is 30.7 Å². The van der Waals surface area contributed by atoms with E-state index in [1.54, 1.807) is 0 Å². The van der Waals surface area contributed by atoms with Crippen LogP contribution in [-0.2, 0) is 9.98 Å². The van der Waals surface area contributed by atoms with Gasteiger partial charge in [0.2, 0.25) is 7.29 Å². The van der Waals surface area contributed by atoms with Gasteiger partial charge in [0.05, 0.1) is 0 Å². The lowest BCUT2D eigenvalue weighted by Crippen LogP contribution is -2.47. The summed E-state index contributed by atoms with van der Waals surface area (Å²) in [5.74, 6) is 0. The summed E-state index contributed by atoms with van der Waals surface area (Å²) in [6.07, 6.45) is 7.02. The van der Waals surface area contributed by atoms with Gasteiger partial charge in [0.25, 0.3) is 0 Å². The number of pyridine rings is 1. The van der Waals surface area contributed by atoms with Crippen molar-refractivity contribution in [2.24, 2.45) is 0 Å². The number of nitrogens with one attached hydrogen (secondary N) is 1. The monoisotopic (exact) mass is 438 g/mol. The van der Waals surface area contributed by atoms with Crippen LogP contribution in [-0.4, -0.2) is 4.98 Å². The van der Waals surface area contributed by atoms with Gasteiger partial charge in [0, 0.05) is 34.5 Å². The van der Waals surface area contributed by atoms with E-state index in [1.165, 1.54) is 5.56 Å². The molecule has 0 radical (unpaired) electrons. The Balaban J connectivity index is 1.67. The quantitative estimate of drug-likeness (QED) is 0.373. The van der Waals surface area contributed by atoms with Crippen LogP contribution in [0.25, 0.3) is 0 Å². The molecule has 0 spiro atoms. The molecule has 4 aromatic rings. The van der Waals surface area contributed by atoms with Crippen molar-refractivity contribution < 1.29 is 4.57 Å². The molecule has 0 saturated heterocycles. The molecule has 3 nitrogen and oxygen atoms in total. The molecule has 1 N–H and O–H groups in total. The van der Waals surface area contributed by atoms with Gasteiger partial charge in [-0.2, -0.15) is 0 Å². The third kappa shape index (κ3) is 3.72. The molecule has 1 aliphatic rings. The zero-order valence-corrected chi connectivity index (χ0v) is 18.9. The molecule has 32 heavy (non-hydrogen) atoms. The van der Waals surface area contributed by atoms with E-state index in [4.69, 9.17) is 0 Å². The van der Waals surface area contributed by atoms with Crippen molar-refractivity contribution in [3.63, 3.8) is 0 Å². The molecule has 1 aliphatic carbocycles. The number of rotatable bonds is 7. The highest BCUT2D eigenvalue weighted by Gasteiger charge is 2.48. The van der Waals surface area contributed by atoms with Gasteiger partial charge in [-0.1, -0.05) is 79.2 Å². The molecule has 1 aromatic heterocycles. The fourth-order valence-corrected chi connectivity index (χ4v) is 7.42. The first-order chi connectivity index (χ1) is 15.7. The van der Waals surface area contributed by atoms with Gasteiger partial charge in [-0.3, -0.25) is 14.6 Å². The van der Waals surface area contributed by atoms with Gasteiger partial charge < -0.3 is 0 Å². The number of hydrogen-bond donors (Lipinski definition) is 1. The van der Waals surface area contributed by atoms with E-state index in [0.29, 0.717) is 0 Å². The largest absolute Gasteiger partial charge is 0.297 e. The number of hydrogen-bond acceptors (Lipinski definition) is 2. The second-order valence-corrected chi connectivity index (χ2v) is 11.0. The first-order valence-corrected chi connectivity index (χ1v) is 12.9. The van der Waals surface area contributed by atoms with Crippen molar-refractivity contribution in [2.75, 3.05) is 0 Å². The SMILES string of the molecule is O=P(NC(c1ccccc1)C1(c2cccnc2)CCC1)(c1ccccc1)c1ccccc1. The van der Waals surface area contributed by atoms with Crippen LogP contribution in [0.1, 0.15) is 36.4 Å². The van der Waals surface area contributed by atoms with Crippen molar-refractivity contribution in [1.29, 1.82) is 0 Å².